The molecule has 3 N–H and O–H groups in total. The van der Waals surface area contributed by atoms with Gasteiger partial charge in [-0.1, -0.05) is 31.2 Å². The van der Waals surface area contributed by atoms with Crippen molar-refractivity contribution in [1.82, 2.24) is 5.32 Å². The summed E-state index contributed by atoms with van der Waals surface area (Å²) in [5, 5.41) is 3.49. The van der Waals surface area contributed by atoms with E-state index < -0.39 is 0 Å². The van der Waals surface area contributed by atoms with Gasteiger partial charge in [0.1, 0.15) is 0 Å². The monoisotopic (exact) mass is 206 g/mol. The second-order valence-electron chi connectivity index (χ2n) is 3.99. The van der Waals surface area contributed by atoms with Crippen molar-refractivity contribution in [3.8, 4) is 0 Å². The van der Waals surface area contributed by atoms with Crippen molar-refractivity contribution in [2.75, 3.05) is 6.54 Å². The molecule has 1 rings (SSSR count). The van der Waals surface area contributed by atoms with Crippen molar-refractivity contribution in [1.29, 1.82) is 0 Å². The minimum Gasteiger partial charge on any atom is -0.326 e. The summed E-state index contributed by atoms with van der Waals surface area (Å²) in [5.41, 5.74) is 8.33. The van der Waals surface area contributed by atoms with Gasteiger partial charge in [-0.15, -0.1) is 0 Å². The van der Waals surface area contributed by atoms with Crippen LogP contribution in [0.15, 0.2) is 24.3 Å². The number of hydrogen-bond donors (Lipinski definition) is 2. The minimum atomic E-state index is 0.607. The highest BCUT2D eigenvalue weighted by Gasteiger charge is 2.01. The van der Waals surface area contributed by atoms with Crippen molar-refractivity contribution >= 4 is 0 Å². The molecule has 0 aliphatic rings. The van der Waals surface area contributed by atoms with Crippen LogP contribution < -0.4 is 11.1 Å². The quantitative estimate of drug-likeness (QED) is 0.748. The summed E-state index contributed by atoms with van der Waals surface area (Å²) in [4.78, 5) is 0. The Bertz CT molecular complexity index is 284. The predicted molar refractivity (Wildman–Crippen MR) is 65.8 cm³/mol. The molecule has 0 amide bonds. The lowest BCUT2D eigenvalue weighted by Gasteiger charge is -2.12. The molecule has 2 heteroatoms. The lowest BCUT2D eigenvalue weighted by atomic mass is 10.0. The van der Waals surface area contributed by atoms with E-state index >= 15 is 0 Å². The zero-order chi connectivity index (χ0) is 11.1. The third kappa shape index (κ3) is 4.02. The van der Waals surface area contributed by atoms with Gasteiger partial charge in [-0.3, -0.25) is 0 Å². The molecule has 1 unspecified atom stereocenters. The minimum absolute atomic E-state index is 0.607. The van der Waals surface area contributed by atoms with Gasteiger partial charge in [0, 0.05) is 12.6 Å². The van der Waals surface area contributed by atoms with Crippen LogP contribution in [0.25, 0.3) is 0 Å². The highest BCUT2D eigenvalue weighted by molar-refractivity contribution is 5.27. The van der Waals surface area contributed by atoms with Crippen molar-refractivity contribution < 1.29 is 0 Å². The molecule has 1 aromatic carbocycles. The van der Waals surface area contributed by atoms with Crippen molar-refractivity contribution in [3.05, 3.63) is 35.4 Å². The molecule has 0 radical (unpaired) electrons. The van der Waals surface area contributed by atoms with Crippen LogP contribution in [0.5, 0.6) is 0 Å². The first-order chi connectivity index (χ1) is 7.27. The third-order valence-electron chi connectivity index (χ3n) is 2.84. The largest absolute Gasteiger partial charge is 0.326 e. The van der Waals surface area contributed by atoms with E-state index in [4.69, 9.17) is 5.73 Å². The zero-order valence-corrected chi connectivity index (χ0v) is 9.79. The first-order valence-electron chi connectivity index (χ1n) is 5.78. The van der Waals surface area contributed by atoms with Crippen LogP contribution in [-0.2, 0) is 13.0 Å². The number of nitrogens with two attached hydrogens (primary N) is 1. The maximum Gasteiger partial charge on any atom is 0.0180 e. The first kappa shape index (κ1) is 12.2. The van der Waals surface area contributed by atoms with E-state index in [1.54, 1.807) is 0 Å². The predicted octanol–water partition coefficient (Wildman–Crippen LogP) is 2.08. The Morgan fingerprint density at radius 1 is 1.27 bits per heavy atom. The van der Waals surface area contributed by atoms with Gasteiger partial charge in [0.05, 0.1) is 0 Å². The molecule has 2 nitrogen and oxygen atoms in total. The lowest BCUT2D eigenvalue weighted by Crippen LogP contribution is -2.27. The Labute approximate surface area is 92.9 Å². The maximum atomic E-state index is 5.69. The van der Waals surface area contributed by atoms with Gasteiger partial charge in [-0.05, 0) is 37.4 Å². The number of hydrogen-bond acceptors (Lipinski definition) is 2. The second kappa shape index (κ2) is 6.59. The molecule has 15 heavy (non-hydrogen) atoms. The number of nitrogens with one attached hydrogen (secondary N) is 1. The van der Waals surface area contributed by atoms with Gasteiger partial charge in [0.15, 0.2) is 0 Å². The highest BCUT2D eigenvalue weighted by atomic mass is 14.9. The second-order valence-corrected chi connectivity index (χ2v) is 3.99. The highest BCUT2D eigenvalue weighted by Crippen LogP contribution is 2.08. The molecule has 84 valence electrons. The van der Waals surface area contributed by atoms with Gasteiger partial charge < -0.3 is 11.1 Å². The summed E-state index contributed by atoms with van der Waals surface area (Å²) in [6.45, 7) is 6.09. The van der Waals surface area contributed by atoms with Crippen molar-refractivity contribution in [2.24, 2.45) is 5.73 Å². The molecule has 0 saturated carbocycles. The average molecular weight is 206 g/mol. The van der Waals surface area contributed by atoms with Crippen LogP contribution >= 0.6 is 0 Å². The van der Waals surface area contributed by atoms with Crippen LogP contribution in [0.4, 0.5) is 0 Å². The van der Waals surface area contributed by atoms with Gasteiger partial charge in [-0.25, -0.2) is 0 Å². The average Bonchev–Trinajstić information content (AvgIpc) is 2.29. The fourth-order valence-corrected chi connectivity index (χ4v) is 1.60. The van der Waals surface area contributed by atoms with E-state index in [0.29, 0.717) is 12.6 Å². The maximum absolute atomic E-state index is 5.69. The summed E-state index contributed by atoms with van der Waals surface area (Å²) >= 11 is 0. The molecule has 1 aromatic rings. The molecule has 0 aromatic heterocycles. The normalized spacial score (nSPS) is 12.7. The molecule has 0 fully saturated rings. The zero-order valence-electron chi connectivity index (χ0n) is 9.79. The van der Waals surface area contributed by atoms with Crippen LogP contribution in [0.2, 0.25) is 0 Å². The smallest absolute Gasteiger partial charge is 0.0180 e. The van der Waals surface area contributed by atoms with Gasteiger partial charge >= 0.3 is 0 Å². The van der Waals surface area contributed by atoms with Crippen LogP contribution in [0, 0.1) is 0 Å². The topological polar surface area (TPSA) is 38.0 Å². The summed E-state index contributed by atoms with van der Waals surface area (Å²) in [6, 6.07) is 9.01. The van der Waals surface area contributed by atoms with Gasteiger partial charge in [0.2, 0.25) is 0 Å². The molecule has 0 aliphatic carbocycles. The van der Waals surface area contributed by atoms with E-state index in [1.165, 1.54) is 17.5 Å². The lowest BCUT2D eigenvalue weighted by molar-refractivity contribution is 0.537. The third-order valence-corrected chi connectivity index (χ3v) is 2.84. The molecular formula is C13H22N2. The van der Waals surface area contributed by atoms with E-state index in [-0.39, 0.29) is 0 Å². The molecule has 0 heterocycles. The number of rotatable bonds is 6. The standard InChI is InChI=1S/C13H22N2/c1-3-11(2)15-9-8-12-6-4-5-7-13(12)10-14/h4-7,11,15H,3,8-10,14H2,1-2H3. The fraction of sp³-hybridized carbons (Fsp3) is 0.538. The van der Waals surface area contributed by atoms with Crippen molar-refractivity contribution in [3.63, 3.8) is 0 Å². The Kier molecular flexibility index (Phi) is 5.37. The van der Waals surface area contributed by atoms with Crippen molar-refractivity contribution in [2.45, 2.75) is 39.3 Å². The van der Waals surface area contributed by atoms with E-state index in [1.807, 2.05) is 6.07 Å². The molecule has 0 spiro atoms. The number of benzene rings is 1. The molecule has 1 atom stereocenters. The van der Waals surface area contributed by atoms with Gasteiger partial charge in [0.25, 0.3) is 0 Å². The van der Waals surface area contributed by atoms with Crippen LogP contribution in [0.1, 0.15) is 31.4 Å². The van der Waals surface area contributed by atoms with Crippen LogP contribution in [0.3, 0.4) is 0 Å². The molecule has 0 saturated heterocycles. The van der Waals surface area contributed by atoms with E-state index in [0.717, 1.165) is 13.0 Å². The summed E-state index contributed by atoms with van der Waals surface area (Å²) in [7, 11) is 0. The Morgan fingerprint density at radius 2 is 1.93 bits per heavy atom. The Morgan fingerprint density at radius 3 is 2.53 bits per heavy atom. The van der Waals surface area contributed by atoms with E-state index in [9.17, 15) is 0 Å². The van der Waals surface area contributed by atoms with Gasteiger partial charge in [-0.2, -0.15) is 0 Å². The molecule has 0 bridgehead atoms. The molecular weight excluding hydrogens is 184 g/mol. The van der Waals surface area contributed by atoms with E-state index in [2.05, 4.69) is 37.4 Å². The Hall–Kier alpha value is -0.860. The fourth-order valence-electron chi connectivity index (χ4n) is 1.60. The summed E-state index contributed by atoms with van der Waals surface area (Å²) < 4.78 is 0. The Balaban J connectivity index is 2.43. The summed E-state index contributed by atoms with van der Waals surface area (Å²) in [6.07, 6.45) is 2.25. The van der Waals surface area contributed by atoms with Crippen LogP contribution in [-0.4, -0.2) is 12.6 Å². The SMILES string of the molecule is CCC(C)NCCc1ccccc1CN. The summed E-state index contributed by atoms with van der Waals surface area (Å²) in [5.74, 6) is 0. The molecule has 0 aliphatic heterocycles. The first-order valence-corrected chi connectivity index (χ1v) is 5.78.